The molecule has 1 aliphatic rings. The normalized spacial score (nSPS) is 17.3. The van der Waals surface area contributed by atoms with Gasteiger partial charge in [-0.25, -0.2) is 4.98 Å². The van der Waals surface area contributed by atoms with Crippen LogP contribution in [0.5, 0.6) is 11.5 Å². The fourth-order valence-corrected chi connectivity index (χ4v) is 4.34. The molecule has 8 nitrogen and oxygen atoms in total. The van der Waals surface area contributed by atoms with E-state index in [9.17, 15) is 14.7 Å². The minimum absolute atomic E-state index is 0.00196. The van der Waals surface area contributed by atoms with Gasteiger partial charge in [0.1, 0.15) is 17.3 Å². The van der Waals surface area contributed by atoms with Crippen LogP contribution in [0.1, 0.15) is 23.6 Å². The van der Waals surface area contributed by atoms with Crippen LogP contribution < -0.4 is 9.47 Å². The highest BCUT2D eigenvalue weighted by molar-refractivity contribution is 6.46. The molecule has 0 bridgehead atoms. The number of likely N-dealkylation sites (tertiary alicyclic amines) is 1. The second kappa shape index (κ2) is 10.0. The fraction of sp³-hybridized carbons (Fsp3) is 0.240. The van der Waals surface area contributed by atoms with Crippen LogP contribution in [-0.2, 0) is 16.1 Å². The lowest BCUT2D eigenvalue weighted by molar-refractivity contribution is -0.139. The smallest absolute Gasteiger partial charge is 0.295 e. The van der Waals surface area contributed by atoms with E-state index in [2.05, 4.69) is 4.98 Å². The van der Waals surface area contributed by atoms with Crippen molar-refractivity contribution in [1.29, 1.82) is 0 Å². The summed E-state index contributed by atoms with van der Waals surface area (Å²) >= 11 is 6.24. The molecule has 4 rings (SSSR count). The van der Waals surface area contributed by atoms with Crippen molar-refractivity contribution in [3.8, 4) is 11.5 Å². The second-order valence-corrected chi connectivity index (χ2v) is 8.18. The van der Waals surface area contributed by atoms with Crippen LogP contribution >= 0.6 is 11.6 Å². The number of carbonyl (C=O) groups is 2. The van der Waals surface area contributed by atoms with Crippen LogP contribution in [0.25, 0.3) is 5.76 Å². The Morgan fingerprint density at radius 1 is 1.12 bits per heavy atom. The van der Waals surface area contributed by atoms with E-state index in [1.807, 2.05) is 10.8 Å². The molecule has 2 heterocycles. The lowest BCUT2D eigenvalue weighted by Gasteiger charge is -2.25. The number of nitrogens with zero attached hydrogens (tertiary/aromatic N) is 3. The van der Waals surface area contributed by atoms with E-state index in [0.29, 0.717) is 42.1 Å². The first-order valence-electron chi connectivity index (χ1n) is 10.7. The first-order chi connectivity index (χ1) is 16.4. The van der Waals surface area contributed by atoms with Gasteiger partial charge >= 0.3 is 0 Å². The predicted molar refractivity (Wildman–Crippen MR) is 127 cm³/mol. The summed E-state index contributed by atoms with van der Waals surface area (Å²) in [6.07, 6.45) is 5.81. The number of aryl methyl sites for hydroxylation is 1. The molecule has 9 heteroatoms. The van der Waals surface area contributed by atoms with Gasteiger partial charge in [-0.2, -0.15) is 0 Å². The third kappa shape index (κ3) is 4.49. The zero-order chi connectivity index (χ0) is 24.2. The van der Waals surface area contributed by atoms with Gasteiger partial charge in [-0.05, 0) is 42.3 Å². The maximum absolute atomic E-state index is 13.2. The quantitative estimate of drug-likeness (QED) is 0.296. The fourth-order valence-electron chi connectivity index (χ4n) is 4.08. The van der Waals surface area contributed by atoms with Gasteiger partial charge in [0, 0.05) is 31.0 Å². The van der Waals surface area contributed by atoms with Crippen molar-refractivity contribution < 1.29 is 24.2 Å². The highest BCUT2D eigenvalue weighted by Crippen LogP contribution is 2.41. The Bertz CT molecular complexity index is 1240. The summed E-state index contributed by atoms with van der Waals surface area (Å²) in [6, 6.07) is 11.0. The number of hydrogen-bond donors (Lipinski definition) is 1. The molecular weight excluding hydrogens is 458 g/mol. The second-order valence-electron chi connectivity index (χ2n) is 7.77. The Morgan fingerprint density at radius 3 is 2.62 bits per heavy atom. The van der Waals surface area contributed by atoms with Gasteiger partial charge in [-0.15, -0.1) is 0 Å². The molecule has 0 saturated carbocycles. The molecule has 2 aromatic carbocycles. The molecule has 0 radical (unpaired) electrons. The number of halogens is 1. The molecule has 176 valence electrons. The Kier molecular flexibility index (Phi) is 6.88. The predicted octanol–water partition coefficient (Wildman–Crippen LogP) is 4.07. The van der Waals surface area contributed by atoms with E-state index >= 15 is 0 Å². The minimum Gasteiger partial charge on any atom is -0.507 e. The van der Waals surface area contributed by atoms with Gasteiger partial charge in [-0.3, -0.25) is 9.59 Å². The lowest BCUT2D eigenvalue weighted by Crippen LogP contribution is -2.31. The highest BCUT2D eigenvalue weighted by Gasteiger charge is 2.45. The third-order valence-corrected chi connectivity index (χ3v) is 6.04. The average molecular weight is 482 g/mol. The number of aliphatic hydroxyl groups excluding tert-OH is 1. The molecule has 1 aliphatic heterocycles. The van der Waals surface area contributed by atoms with Crippen molar-refractivity contribution in [2.75, 3.05) is 20.8 Å². The largest absolute Gasteiger partial charge is 0.507 e. The third-order valence-electron chi connectivity index (χ3n) is 5.75. The van der Waals surface area contributed by atoms with Gasteiger partial charge in [0.15, 0.2) is 0 Å². The van der Waals surface area contributed by atoms with E-state index in [-0.39, 0.29) is 16.4 Å². The molecule has 1 atom stereocenters. The average Bonchev–Trinajstić information content (AvgIpc) is 3.46. The van der Waals surface area contributed by atoms with Crippen LogP contribution in [0.15, 0.2) is 66.8 Å². The molecule has 1 fully saturated rings. The number of hydrogen-bond acceptors (Lipinski definition) is 6. The van der Waals surface area contributed by atoms with E-state index in [1.165, 1.54) is 18.1 Å². The molecule has 1 amide bonds. The lowest BCUT2D eigenvalue weighted by atomic mass is 9.95. The number of aliphatic hydroxyl groups is 1. The Hall–Kier alpha value is -3.78. The maximum atomic E-state index is 13.2. The van der Waals surface area contributed by atoms with Crippen LogP contribution in [0.3, 0.4) is 0 Å². The van der Waals surface area contributed by atoms with E-state index in [0.717, 1.165) is 0 Å². The number of methoxy groups -OCH3 is 2. The number of aromatic nitrogens is 2. The number of benzene rings is 2. The van der Waals surface area contributed by atoms with Crippen LogP contribution in [0.4, 0.5) is 0 Å². The molecule has 1 aromatic heterocycles. The Morgan fingerprint density at radius 2 is 1.94 bits per heavy atom. The number of rotatable bonds is 8. The van der Waals surface area contributed by atoms with Gasteiger partial charge in [-0.1, -0.05) is 23.7 Å². The molecule has 0 spiro atoms. The minimum atomic E-state index is -0.779. The molecule has 3 aromatic rings. The zero-order valence-electron chi connectivity index (χ0n) is 18.8. The number of imidazole rings is 1. The summed E-state index contributed by atoms with van der Waals surface area (Å²) in [7, 11) is 3.03. The molecule has 34 heavy (non-hydrogen) atoms. The van der Waals surface area contributed by atoms with Crippen molar-refractivity contribution in [2.45, 2.75) is 19.0 Å². The summed E-state index contributed by atoms with van der Waals surface area (Å²) in [5.41, 5.74) is 0.972. The Labute approximate surface area is 202 Å². The number of ketones is 1. The number of ether oxygens (including phenoxy) is 2. The summed E-state index contributed by atoms with van der Waals surface area (Å²) < 4.78 is 12.4. The van der Waals surface area contributed by atoms with E-state index in [4.69, 9.17) is 21.1 Å². The first-order valence-corrected chi connectivity index (χ1v) is 11.0. The Balaban J connectivity index is 1.76. The van der Waals surface area contributed by atoms with Gasteiger partial charge in [0.25, 0.3) is 11.7 Å². The monoisotopic (exact) mass is 481 g/mol. The summed E-state index contributed by atoms with van der Waals surface area (Å²) in [4.78, 5) is 31.8. The van der Waals surface area contributed by atoms with E-state index < -0.39 is 17.7 Å². The number of Topliss-reactive ketones (excluding diaryl/α,β-unsaturated/α-hetero) is 1. The van der Waals surface area contributed by atoms with Crippen LogP contribution in [0.2, 0.25) is 5.02 Å². The van der Waals surface area contributed by atoms with Crippen molar-refractivity contribution in [3.63, 3.8) is 0 Å². The van der Waals surface area contributed by atoms with Crippen molar-refractivity contribution in [1.82, 2.24) is 14.5 Å². The topological polar surface area (TPSA) is 93.9 Å². The summed E-state index contributed by atoms with van der Waals surface area (Å²) in [6.45, 7) is 0.937. The molecule has 1 saturated heterocycles. The van der Waals surface area contributed by atoms with E-state index in [1.54, 1.807) is 56.0 Å². The van der Waals surface area contributed by atoms with Gasteiger partial charge in [0.05, 0.1) is 37.2 Å². The molecule has 1 N–H and O–H groups in total. The van der Waals surface area contributed by atoms with Crippen molar-refractivity contribution in [2.24, 2.45) is 0 Å². The number of carbonyl (C=O) groups excluding carboxylic acids is 2. The summed E-state index contributed by atoms with van der Waals surface area (Å²) in [5.74, 6) is -0.705. The SMILES string of the molecule is COc1cccc([C@@H]2C(=C(O)c3ccc(OC)c(Cl)c3)C(=O)C(=O)N2CCCn2ccnc2)c1. The standard InChI is InChI=1S/C25H24ClN3O5/c1-33-18-6-3-5-16(13-18)22-21(23(30)17-7-8-20(34-2)19(26)14-17)24(31)25(32)29(22)11-4-10-28-12-9-27-15-28/h3,5-9,12-15,22,30H,4,10-11H2,1-2H3/t22-/m1/s1. The molecule has 0 unspecified atom stereocenters. The van der Waals surface area contributed by atoms with Gasteiger partial charge in [0.2, 0.25) is 0 Å². The van der Waals surface area contributed by atoms with Crippen LogP contribution in [-0.4, -0.2) is 52.0 Å². The maximum Gasteiger partial charge on any atom is 0.295 e. The first kappa shape index (κ1) is 23.4. The van der Waals surface area contributed by atoms with Crippen LogP contribution in [0, 0.1) is 0 Å². The highest BCUT2D eigenvalue weighted by atomic mass is 35.5. The zero-order valence-corrected chi connectivity index (χ0v) is 19.5. The van der Waals surface area contributed by atoms with Gasteiger partial charge < -0.3 is 24.0 Å². The molecular formula is C25H24ClN3O5. The van der Waals surface area contributed by atoms with Crippen molar-refractivity contribution in [3.05, 3.63) is 82.9 Å². The van der Waals surface area contributed by atoms with Crippen molar-refractivity contribution >= 4 is 29.1 Å². The summed E-state index contributed by atoms with van der Waals surface area (Å²) in [5, 5.41) is 11.5. The molecule has 0 aliphatic carbocycles. The number of amides is 1.